The molecule has 0 radical (unpaired) electrons. The second-order valence-electron chi connectivity index (χ2n) is 4.61. The van der Waals surface area contributed by atoms with Gasteiger partial charge in [0.2, 0.25) is 0 Å². The third-order valence-electron chi connectivity index (χ3n) is 3.20. The molecule has 0 aliphatic carbocycles. The van der Waals surface area contributed by atoms with E-state index in [0.717, 1.165) is 30.0 Å². The van der Waals surface area contributed by atoms with Crippen molar-refractivity contribution in [3.63, 3.8) is 0 Å². The maximum atomic E-state index is 12.0. The maximum absolute atomic E-state index is 12.0. The van der Waals surface area contributed by atoms with Crippen LogP contribution in [-0.2, 0) is 16.1 Å². The van der Waals surface area contributed by atoms with Gasteiger partial charge >= 0.3 is 11.8 Å². The van der Waals surface area contributed by atoms with Crippen molar-refractivity contribution in [3.8, 4) is 0 Å². The quantitative estimate of drug-likeness (QED) is 0.776. The molecule has 0 aromatic carbocycles. The average Bonchev–Trinajstić information content (AvgIpc) is 2.68. The van der Waals surface area contributed by atoms with Crippen LogP contribution < -0.4 is 10.6 Å². The second kappa shape index (κ2) is 6.68. The SMILES string of the molecule is Cc1ccsc1CNC(=O)C(=O)N1CCCNCC1. The van der Waals surface area contributed by atoms with Crippen LogP contribution in [0, 0.1) is 6.92 Å². The minimum Gasteiger partial charge on any atom is -0.343 e. The summed E-state index contributed by atoms with van der Waals surface area (Å²) < 4.78 is 0. The van der Waals surface area contributed by atoms with Gasteiger partial charge in [0.05, 0.1) is 6.54 Å². The number of carbonyl (C=O) groups excluding carboxylic acids is 2. The summed E-state index contributed by atoms with van der Waals surface area (Å²) in [6.45, 7) is 5.34. The Bertz CT molecular complexity index is 450. The van der Waals surface area contributed by atoms with E-state index in [-0.39, 0.29) is 0 Å². The number of carbonyl (C=O) groups is 2. The topological polar surface area (TPSA) is 61.4 Å². The summed E-state index contributed by atoms with van der Waals surface area (Å²) in [5, 5.41) is 7.90. The molecular formula is C13H19N3O2S. The summed E-state index contributed by atoms with van der Waals surface area (Å²) in [7, 11) is 0. The van der Waals surface area contributed by atoms with E-state index in [2.05, 4.69) is 10.6 Å². The lowest BCUT2D eigenvalue weighted by Gasteiger charge is -2.19. The third kappa shape index (κ3) is 3.78. The van der Waals surface area contributed by atoms with Crippen molar-refractivity contribution < 1.29 is 9.59 Å². The van der Waals surface area contributed by atoms with Crippen LogP contribution >= 0.6 is 11.3 Å². The third-order valence-corrected chi connectivity index (χ3v) is 4.22. The molecule has 0 bridgehead atoms. The van der Waals surface area contributed by atoms with Gasteiger partial charge in [-0.25, -0.2) is 0 Å². The Balaban J connectivity index is 1.85. The molecule has 1 aromatic heterocycles. The van der Waals surface area contributed by atoms with E-state index in [1.54, 1.807) is 16.2 Å². The highest BCUT2D eigenvalue weighted by Gasteiger charge is 2.22. The highest BCUT2D eigenvalue weighted by Crippen LogP contribution is 2.14. The number of rotatable bonds is 2. The molecule has 0 saturated carbocycles. The summed E-state index contributed by atoms with van der Waals surface area (Å²) >= 11 is 1.59. The monoisotopic (exact) mass is 281 g/mol. The largest absolute Gasteiger partial charge is 0.343 e. The minimum atomic E-state index is -0.505. The molecule has 19 heavy (non-hydrogen) atoms. The van der Waals surface area contributed by atoms with Gasteiger partial charge in [-0.05, 0) is 36.9 Å². The molecule has 0 spiro atoms. The summed E-state index contributed by atoms with van der Waals surface area (Å²) in [6.07, 6.45) is 0.892. The Morgan fingerprint density at radius 2 is 2.26 bits per heavy atom. The van der Waals surface area contributed by atoms with Gasteiger partial charge in [0.25, 0.3) is 0 Å². The molecule has 1 fully saturated rings. The van der Waals surface area contributed by atoms with Crippen molar-refractivity contribution in [2.24, 2.45) is 0 Å². The molecule has 104 valence electrons. The average molecular weight is 281 g/mol. The van der Waals surface area contributed by atoms with Crippen molar-refractivity contribution in [3.05, 3.63) is 21.9 Å². The number of thiophene rings is 1. The van der Waals surface area contributed by atoms with Crippen molar-refractivity contribution >= 4 is 23.2 Å². The summed E-state index contributed by atoms with van der Waals surface area (Å²) in [5.41, 5.74) is 1.15. The molecular weight excluding hydrogens is 262 g/mol. The van der Waals surface area contributed by atoms with E-state index in [0.29, 0.717) is 19.6 Å². The van der Waals surface area contributed by atoms with Crippen molar-refractivity contribution in [2.75, 3.05) is 26.2 Å². The van der Waals surface area contributed by atoms with Crippen LogP contribution in [-0.4, -0.2) is 42.9 Å². The van der Waals surface area contributed by atoms with Crippen LogP contribution in [0.15, 0.2) is 11.4 Å². The van der Waals surface area contributed by atoms with Crippen molar-refractivity contribution in [1.82, 2.24) is 15.5 Å². The first kappa shape index (κ1) is 14.0. The summed E-state index contributed by atoms with van der Waals surface area (Å²) in [6, 6.07) is 2.01. The lowest BCUT2D eigenvalue weighted by Crippen LogP contribution is -2.44. The fraction of sp³-hybridized carbons (Fsp3) is 0.538. The van der Waals surface area contributed by atoms with Gasteiger partial charge in [0.15, 0.2) is 0 Å². The molecule has 2 N–H and O–H groups in total. The zero-order chi connectivity index (χ0) is 13.7. The van der Waals surface area contributed by atoms with Gasteiger partial charge in [0, 0.05) is 24.5 Å². The van der Waals surface area contributed by atoms with Crippen molar-refractivity contribution in [2.45, 2.75) is 19.9 Å². The van der Waals surface area contributed by atoms with E-state index in [4.69, 9.17) is 0 Å². The smallest absolute Gasteiger partial charge is 0.311 e. The highest BCUT2D eigenvalue weighted by molar-refractivity contribution is 7.10. The number of hydrogen-bond acceptors (Lipinski definition) is 4. The fourth-order valence-electron chi connectivity index (χ4n) is 2.01. The number of hydrogen-bond donors (Lipinski definition) is 2. The lowest BCUT2D eigenvalue weighted by molar-refractivity contribution is -0.145. The Labute approximate surface area is 117 Å². The van der Waals surface area contributed by atoms with Crippen LogP contribution in [0.2, 0.25) is 0 Å². The predicted octanol–water partition coefficient (Wildman–Crippen LogP) is 0.495. The molecule has 2 rings (SSSR count). The van der Waals surface area contributed by atoms with Crippen molar-refractivity contribution in [1.29, 1.82) is 0 Å². The van der Waals surface area contributed by atoms with E-state index < -0.39 is 11.8 Å². The van der Waals surface area contributed by atoms with Gasteiger partial charge < -0.3 is 15.5 Å². The van der Waals surface area contributed by atoms with E-state index >= 15 is 0 Å². The molecule has 1 aliphatic rings. The number of aryl methyl sites for hydroxylation is 1. The first-order valence-corrected chi connectivity index (χ1v) is 7.37. The molecule has 1 saturated heterocycles. The minimum absolute atomic E-state index is 0.419. The maximum Gasteiger partial charge on any atom is 0.311 e. The Morgan fingerprint density at radius 1 is 1.42 bits per heavy atom. The predicted molar refractivity (Wildman–Crippen MR) is 75.0 cm³/mol. The standard InChI is InChI=1S/C13H19N3O2S/c1-10-3-8-19-11(10)9-15-12(17)13(18)16-6-2-4-14-5-7-16/h3,8,14H,2,4-7,9H2,1H3,(H,15,17). The van der Waals surface area contributed by atoms with E-state index in [1.165, 1.54) is 0 Å². The van der Waals surface area contributed by atoms with Gasteiger partial charge in [0.1, 0.15) is 0 Å². The van der Waals surface area contributed by atoms with Crippen LogP contribution in [0.4, 0.5) is 0 Å². The summed E-state index contributed by atoms with van der Waals surface area (Å²) in [5.74, 6) is -0.924. The zero-order valence-corrected chi connectivity index (χ0v) is 11.9. The second-order valence-corrected chi connectivity index (χ2v) is 5.61. The van der Waals surface area contributed by atoms with Crippen LogP contribution in [0.1, 0.15) is 16.9 Å². The van der Waals surface area contributed by atoms with E-state index in [9.17, 15) is 9.59 Å². The highest BCUT2D eigenvalue weighted by atomic mass is 32.1. The zero-order valence-electron chi connectivity index (χ0n) is 11.1. The Kier molecular flexibility index (Phi) is 4.93. The number of amides is 2. The Morgan fingerprint density at radius 3 is 3.00 bits per heavy atom. The van der Waals surface area contributed by atoms with Gasteiger partial charge in [-0.3, -0.25) is 9.59 Å². The fourth-order valence-corrected chi connectivity index (χ4v) is 2.86. The number of nitrogens with zero attached hydrogens (tertiary/aromatic N) is 1. The molecule has 1 aromatic rings. The van der Waals surface area contributed by atoms with E-state index in [1.807, 2.05) is 18.4 Å². The molecule has 1 aliphatic heterocycles. The van der Waals surface area contributed by atoms with Gasteiger partial charge in [-0.15, -0.1) is 11.3 Å². The normalized spacial score (nSPS) is 15.9. The van der Waals surface area contributed by atoms with Gasteiger partial charge in [-0.2, -0.15) is 0 Å². The van der Waals surface area contributed by atoms with Crippen LogP contribution in [0.3, 0.4) is 0 Å². The molecule has 2 amide bonds. The van der Waals surface area contributed by atoms with Crippen LogP contribution in [0.5, 0.6) is 0 Å². The molecule has 0 atom stereocenters. The Hall–Kier alpha value is -1.40. The summed E-state index contributed by atoms with van der Waals surface area (Å²) in [4.78, 5) is 26.5. The molecule has 0 unspecified atom stereocenters. The number of nitrogens with one attached hydrogen (secondary N) is 2. The first-order chi connectivity index (χ1) is 9.18. The lowest BCUT2D eigenvalue weighted by atomic mass is 10.3. The molecule has 5 nitrogen and oxygen atoms in total. The first-order valence-electron chi connectivity index (χ1n) is 6.49. The molecule has 6 heteroatoms. The van der Waals surface area contributed by atoms with Crippen LogP contribution in [0.25, 0.3) is 0 Å². The van der Waals surface area contributed by atoms with Gasteiger partial charge in [-0.1, -0.05) is 0 Å². The molecule has 2 heterocycles.